The Labute approximate surface area is 203 Å². The summed E-state index contributed by atoms with van der Waals surface area (Å²) in [6, 6.07) is 11.2. The molecular weight excluding hydrogens is 449 g/mol. The van der Waals surface area contributed by atoms with Crippen LogP contribution in [-0.4, -0.2) is 54.6 Å². The van der Waals surface area contributed by atoms with Crippen LogP contribution in [0.3, 0.4) is 0 Å². The zero-order valence-corrected chi connectivity index (χ0v) is 19.8. The Morgan fingerprint density at radius 2 is 2.03 bits per heavy atom. The third-order valence-corrected chi connectivity index (χ3v) is 6.15. The predicted molar refractivity (Wildman–Crippen MR) is 133 cm³/mol. The summed E-state index contributed by atoms with van der Waals surface area (Å²) in [7, 11) is 3.59. The number of aromatic nitrogens is 2. The van der Waals surface area contributed by atoms with E-state index in [1.165, 1.54) is 16.7 Å². The smallest absolute Gasteiger partial charge is 0.263 e. The molecule has 1 atom stereocenters. The molecule has 0 radical (unpaired) electrons. The number of nitrogens with one attached hydrogen (secondary N) is 1. The normalized spacial score (nSPS) is 15.1. The molecule has 1 saturated heterocycles. The number of aliphatic hydroxyl groups is 1. The van der Waals surface area contributed by atoms with Gasteiger partial charge in [-0.05, 0) is 49.2 Å². The number of aliphatic hydroxyl groups excluding tert-OH is 1. The first-order valence-corrected chi connectivity index (χ1v) is 11.5. The number of ether oxygens (including phenoxy) is 1. The van der Waals surface area contributed by atoms with E-state index in [9.17, 15) is 9.18 Å². The molecule has 1 aliphatic heterocycles. The lowest BCUT2D eigenvalue weighted by atomic mass is 9.99. The quantitative estimate of drug-likeness (QED) is 0.485. The molecule has 2 N–H and O–H groups in total. The van der Waals surface area contributed by atoms with E-state index in [4.69, 9.17) is 21.4 Å². The molecule has 1 aliphatic rings. The van der Waals surface area contributed by atoms with Gasteiger partial charge in [0.15, 0.2) is 0 Å². The topological polar surface area (TPSA) is 84.0 Å². The summed E-state index contributed by atoms with van der Waals surface area (Å²) in [6.07, 6.45) is 1.05. The third-order valence-electron chi connectivity index (χ3n) is 6.15. The molecule has 35 heavy (non-hydrogen) atoms. The van der Waals surface area contributed by atoms with Gasteiger partial charge in [0.1, 0.15) is 18.2 Å². The molecule has 1 aromatic heterocycles. The van der Waals surface area contributed by atoms with Crippen LogP contribution in [0.2, 0.25) is 0 Å². The van der Waals surface area contributed by atoms with Crippen molar-refractivity contribution in [3.8, 4) is 28.1 Å². The Morgan fingerprint density at radius 1 is 1.29 bits per heavy atom. The number of hydrogen-bond acceptors (Lipinski definition) is 6. The molecule has 9 heteroatoms. The molecule has 0 amide bonds. The molecule has 1 unspecified atom stereocenters. The van der Waals surface area contributed by atoms with Crippen LogP contribution in [0.4, 0.5) is 16.0 Å². The van der Waals surface area contributed by atoms with Gasteiger partial charge in [-0.25, -0.2) is 14.2 Å². The molecule has 4 rings (SSSR count). The second kappa shape index (κ2) is 10.7. The third kappa shape index (κ3) is 5.19. The van der Waals surface area contributed by atoms with E-state index in [2.05, 4.69) is 10.2 Å². The number of halogens is 1. The van der Waals surface area contributed by atoms with Crippen LogP contribution in [0.25, 0.3) is 27.2 Å². The van der Waals surface area contributed by atoms with Crippen LogP contribution in [0.15, 0.2) is 47.3 Å². The average Bonchev–Trinajstić information content (AvgIpc) is 3.37. The summed E-state index contributed by atoms with van der Waals surface area (Å²) in [6.45, 7) is 9.82. The van der Waals surface area contributed by atoms with Gasteiger partial charge in [-0.2, -0.15) is 0 Å². The summed E-state index contributed by atoms with van der Waals surface area (Å²) in [5.74, 6) is 0.828. The van der Waals surface area contributed by atoms with Gasteiger partial charge in [-0.15, -0.1) is 0 Å². The maximum Gasteiger partial charge on any atom is 0.263 e. The zero-order valence-electron chi connectivity index (χ0n) is 19.8. The van der Waals surface area contributed by atoms with E-state index in [1.54, 1.807) is 37.4 Å². The number of anilines is 1. The van der Waals surface area contributed by atoms with Crippen LogP contribution in [-0.2, 0) is 7.05 Å². The highest BCUT2D eigenvalue weighted by Gasteiger charge is 2.23. The molecular formula is C26H28FN5O3. The first kappa shape index (κ1) is 24.4. The van der Waals surface area contributed by atoms with Gasteiger partial charge in [0.25, 0.3) is 5.56 Å². The van der Waals surface area contributed by atoms with Gasteiger partial charge in [0.05, 0.1) is 24.4 Å². The summed E-state index contributed by atoms with van der Waals surface area (Å²) in [5.41, 5.74) is 1.35. The molecule has 8 nitrogen and oxygen atoms in total. The second-order valence-corrected chi connectivity index (χ2v) is 8.61. The number of nitrogens with zero attached hydrogens (tertiary/aromatic N) is 4. The summed E-state index contributed by atoms with van der Waals surface area (Å²) >= 11 is 0. The van der Waals surface area contributed by atoms with Gasteiger partial charge >= 0.3 is 0 Å². The molecule has 0 spiro atoms. The van der Waals surface area contributed by atoms with Crippen LogP contribution >= 0.6 is 0 Å². The first-order valence-electron chi connectivity index (χ1n) is 11.5. The Bertz CT molecular complexity index is 1290. The van der Waals surface area contributed by atoms with Gasteiger partial charge < -0.3 is 20.1 Å². The van der Waals surface area contributed by atoms with Crippen LogP contribution in [0, 0.1) is 18.3 Å². The summed E-state index contributed by atoms with van der Waals surface area (Å²) < 4.78 is 21.5. The van der Waals surface area contributed by atoms with Crippen LogP contribution in [0.5, 0.6) is 5.75 Å². The number of benzene rings is 2. The molecule has 0 aliphatic carbocycles. The number of rotatable bonds is 8. The van der Waals surface area contributed by atoms with Crippen molar-refractivity contribution < 1.29 is 14.2 Å². The van der Waals surface area contributed by atoms with E-state index in [0.29, 0.717) is 40.0 Å². The van der Waals surface area contributed by atoms with Gasteiger partial charge in [0.2, 0.25) is 11.6 Å². The fraction of sp³-hybridized carbons (Fsp3) is 0.346. The standard InChI is InChI=1S/C26H28FN5O3/c1-28-22-9-6-19(14-21(22)27)24-23(18-4-7-20(8-5-18)35-13-12-33)25(34)32(3)26(30-24)31(2)16-17-10-11-29-15-17/h4-9,14,17,29,33H,10-13,15-16H2,2-3H3. The lowest BCUT2D eigenvalue weighted by Gasteiger charge is -2.25. The Hall–Kier alpha value is -3.74. The lowest BCUT2D eigenvalue weighted by Crippen LogP contribution is -2.34. The highest BCUT2D eigenvalue weighted by Crippen LogP contribution is 2.33. The Balaban J connectivity index is 1.84. The zero-order chi connectivity index (χ0) is 24.9. The largest absolute Gasteiger partial charge is 0.491 e. The van der Waals surface area contributed by atoms with Gasteiger partial charge in [-0.3, -0.25) is 9.36 Å². The van der Waals surface area contributed by atoms with E-state index < -0.39 is 5.82 Å². The van der Waals surface area contributed by atoms with Gasteiger partial charge in [0, 0.05) is 26.2 Å². The monoisotopic (exact) mass is 477 g/mol. The highest BCUT2D eigenvalue weighted by atomic mass is 19.1. The van der Waals surface area contributed by atoms with Crippen molar-refractivity contribution in [2.24, 2.45) is 13.0 Å². The maximum atomic E-state index is 14.6. The molecule has 182 valence electrons. The van der Waals surface area contributed by atoms with Crippen molar-refractivity contribution >= 4 is 11.6 Å². The Kier molecular flexibility index (Phi) is 7.44. The number of hydrogen-bond donors (Lipinski definition) is 2. The van der Waals surface area contributed by atoms with E-state index in [-0.39, 0.29) is 24.5 Å². The SMILES string of the molecule is [C-]#[N+]c1ccc(-c2nc(N(C)CC3CCNC3)n(C)c(=O)c2-c2ccc(OCCO)cc2)cc1F. The maximum absolute atomic E-state index is 14.6. The fourth-order valence-corrected chi connectivity index (χ4v) is 4.37. The molecule has 3 aromatic rings. The fourth-order valence-electron chi connectivity index (χ4n) is 4.37. The van der Waals surface area contributed by atoms with Crippen molar-refractivity contribution in [2.75, 3.05) is 44.8 Å². The minimum atomic E-state index is -0.661. The molecule has 0 saturated carbocycles. The summed E-state index contributed by atoms with van der Waals surface area (Å²) in [5, 5.41) is 12.3. The molecule has 0 bridgehead atoms. The summed E-state index contributed by atoms with van der Waals surface area (Å²) in [4.78, 5) is 23.7. The first-order chi connectivity index (χ1) is 16.9. The second-order valence-electron chi connectivity index (χ2n) is 8.61. The van der Waals surface area contributed by atoms with E-state index in [0.717, 1.165) is 26.1 Å². The molecule has 2 aromatic carbocycles. The average molecular weight is 478 g/mol. The highest BCUT2D eigenvalue weighted by molar-refractivity contribution is 5.82. The van der Waals surface area contributed by atoms with Crippen molar-refractivity contribution in [3.05, 3.63) is 70.1 Å². The molecule has 1 fully saturated rings. The minimum Gasteiger partial charge on any atom is -0.491 e. The van der Waals surface area contributed by atoms with Crippen molar-refractivity contribution in [1.29, 1.82) is 0 Å². The van der Waals surface area contributed by atoms with Crippen molar-refractivity contribution in [1.82, 2.24) is 14.9 Å². The Morgan fingerprint density at radius 3 is 2.66 bits per heavy atom. The van der Waals surface area contributed by atoms with Crippen LogP contribution in [0.1, 0.15) is 6.42 Å². The van der Waals surface area contributed by atoms with Gasteiger partial charge in [-0.1, -0.05) is 24.3 Å². The lowest BCUT2D eigenvalue weighted by molar-refractivity contribution is 0.201. The van der Waals surface area contributed by atoms with Crippen molar-refractivity contribution in [3.63, 3.8) is 0 Å². The molecule has 2 heterocycles. The minimum absolute atomic E-state index is 0.0874. The van der Waals surface area contributed by atoms with Crippen LogP contribution < -0.4 is 20.5 Å². The predicted octanol–water partition coefficient (Wildman–Crippen LogP) is 3.22. The van der Waals surface area contributed by atoms with E-state index >= 15 is 0 Å². The van der Waals surface area contributed by atoms with Crippen molar-refractivity contribution in [2.45, 2.75) is 6.42 Å². The van der Waals surface area contributed by atoms with E-state index in [1.807, 2.05) is 11.9 Å².